The molecule has 1 saturated heterocycles. The van der Waals surface area contributed by atoms with Gasteiger partial charge in [0.25, 0.3) is 0 Å². The average Bonchev–Trinajstić information content (AvgIpc) is 3.46. The van der Waals surface area contributed by atoms with Crippen molar-refractivity contribution in [2.75, 3.05) is 39.9 Å². The largest absolute Gasteiger partial charge is 0.493 e. The van der Waals surface area contributed by atoms with Crippen molar-refractivity contribution in [3.8, 4) is 11.5 Å². The zero-order valence-electron chi connectivity index (χ0n) is 16.8. The van der Waals surface area contributed by atoms with Gasteiger partial charge in [0.1, 0.15) is 12.7 Å². The second-order valence-corrected chi connectivity index (χ2v) is 8.09. The van der Waals surface area contributed by atoms with E-state index >= 15 is 0 Å². The Morgan fingerprint density at radius 1 is 1.11 bits per heavy atom. The lowest BCUT2D eigenvalue weighted by atomic mass is 10.1. The van der Waals surface area contributed by atoms with Gasteiger partial charge < -0.3 is 24.8 Å². The van der Waals surface area contributed by atoms with Crippen LogP contribution < -0.4 is 14.8 Å². The van der Waals surface area contributed by atoms with Crippen molar-refractivity contribution < 1.29 is 14.6 Å². The van der Waals surface area contributed by atoms with Crippen LogP contribution in [0.5, 0.6) is 11.5 Å². The third-order valence-electron chi connectivity index (χ3n) is 5.54. The highest BCUT2D eigenvalue weighted by molar-refractivity contribution is 5.43. The maximum absolute atomic E-state index is 10.4. The number of hydrogen-bond donors (Lipinski definition) is 2. The lowest BCUT2D eigenvalue weighted by molar-refractivity contribution is 0.0644. The molecule has 0 amide bonds. The number of likely N-dealkylation sites (tertiary alicyclic amines) is 1. The third kappa shape index (κ3) is 7.32. The standard InChI is InChI=1S/C22H36N2O3/c1-26-21-10-9-19(15-23-14-18-7-8-18)13-22(21)27-17-20(25)16-24-11-5-3-2-4-6-12-24/h9-10,13,18,20,23,25H,2-8,11-12,14-17H2,1H3. The van der Waals surface area contributed by atoms with Crippen LogP contribution in [0.2, 0.25) is 0 Å². The summed E-state index contributed by atoms with van der Waals surface area (Å²) >= 11 is 0. The predicted molar refractivity (Wildman–Crippen MR) is 108 cm³/mol. The molecule has 1 atom stereocenters. The summed E-state index contributed by atoms with van der Waals surface area (Å²) in [6, 6.07) is 6.05. The Morgan fingerprint density at radius 2 is 1.85 bits per heavy atom. The van der Waals surface area contributed by atoms with Crippen molar-refractivity contribution in [3.05, 3.63) is 23.8 Å². The smallest absolute Gasteiger partial charge is 0.161 e. The van der Waals surface area contributed by atoms with Gasteiger partial charge in [-0.25, -0.2) is 0 Å². The summed E-state index contributed by atoms with van der Waals surface area (Å²) in [6.07, 6.45) is 8.67. The van der Waals surface area contributed by atoms with E-state index in [0.717, 1.165) is 43.6 Å². The monoisotopic (exact) mass is 376 g/mol. The molecule has 2 N–H and O–H groups in total. The topological polar surface area (TPSA) is 54.0 Å². The minimum Gasteiger partial charge on any atom is -0.493 e. The molecular formula is C22H36N2O3. The van der Waals surface area contributed by atoms with Crippen LogP contribution in [0.15, 0.2) is 18.2 Å². The Labute approximate surface area is 164 Å². The molecule has 27 heavy (non-hydrogen) atoms. The zero-order chi connectivity index (χ0) is 18.9. The van der Waals surface area contributed by atoms with Gasteiger partial charge >= 0.3 is 0 Å². The molecule has 1 unspecified atom stereocenters. The third-order valence-corrected chi connectivity index (χ3v) is 5.54. The highest BCUT2D eigenvalue weighted by atomic mass is 16.5. The number of ether oxygens (including phenoxy) is 2. The van der Waals surface area contributed by atoms with Crippen LogP contribution in [-0.2, 0) is 6.54 Å². The Morgan fingerprint density at radius 3 is 2.56 bits per heavy atom. The number of hydrogen-bond acceptors (Lipinski definition) is 5. The molecule has 5 nitrogen and oxygen atoms in total. The molecule has 1 saturated carbocycles. The summed E-state index contributed by atoms with van der Waals surface area (Å²) in [4.78, 5) is 2.38. The number of β-amino-alcohol motifs (C(OH)–C–C–N with tert-alkyl or cyclic N) is 1. The van der Waals surface area contributed by atoms with E-state index < -0.39 is 6.10 Å². The summed E-state index contributed by atoms with van der Waals surface area (Å²) in [5.74, 6) is 2.31. The van der Waals surface area contributed by atoms with Gasteiger partial charge in [-0.05, 0) is 68.9 Å². The summed E-state index contributed by atoms with van der Waals surface area (Å²) in [6.45, 7) is 5.09. The van der Waals surface area contributed by atoms with Crippen molar-refractivity contribution in [3.63, 3.8) is 0 Å². The average molecular weight is 377 g/mol. The Bertz CT molecular complexity index is 554. The van der Waals surface area contributed by atoms with E-state index in [0.29, 0.717) is 13.2 Å². The van der Waals surface area contributed by atoms with Crippen molar-refractivity contribution >= 4 is 0 Å². The van der Waals surface area contributed by atoms with E-state index in [4.69, 9.17) is 9.47 Å². The molecule has 2 fully saturated rings. The van der Waals surface area contributed by atoms with Gasteiger partial charge in [-0.1, -0.05) is 25.3 Å². The molecule has 0 aromatic heterocycles. The fourth-order valence-corrected chi connectivity index (χ4v) is 3.72. The van der Waals surface area contributed by atoms with Gasteiger partial charge in [-0.2, -0.15) is 0 Å². The lowest BCUT2D eigenvalue weighted by Gasteiger charge is -2.26. The van der Waals surface area contributed by atoms with Gasteiger partial charge in [-0.15, -0.1) is 0 Å². The number of aliphatic hydroxyl groups is 1. The van der Waals surface area contributed by atoms with Crippen LogP contribution in [0.25, 0.3) is 0 Å². The molecule has 1 aromatic rings. The highest BCUT2D eigenvalue weighted by Gasteiger charge is 2.20. The van der Waals surface area contributed by atoms with E-state index in [2.05, 4.69) is 16.3 Å². The molecule has 1 aromatic carbocycles. The molecule has 152 valence electrons. The molecule has 1 aliphatic heterocycles. The van der Waals surface area contributed by atoms with Gasteiger partial charge in [0.2, 0.25) is 0 Å². The van der Waals surface area contributed by atoms with Crippen LogP contribution in [0.3, 0.4) is 0 Å². The Kier molecular flexibility index (Phi) is 8.24. The quantitative estimate of drug-likeness (QED) is 0.657. The van der Waals surface area contributed by atoms with Gasteiger partial charge in [0, 0.05) is 13.1 Å². The number of methoxy groups -OCH3 is 1. The summed E-state index contributed by atoms with van der Waals surface area (Å²) < 4.78 is 11.4. The van der Waals surface area contributed by atoms with Crippen LogP contribution in [0, 0.1) is 5.92 Å². The van der Waals surface area contributed by atoms with Crippen LogP contribution >= 0.6 is 0 Å². The normalized spacial score (nSPS) is 19.9. The fourth-order valence-electron chi connectivity index (χ4n) is 3.72. The summed E-state index contributed by atoms with van der Waals surface area (Å²) in [5.41, 5.74) is 1.18. The van der Waals surface area contributed by atoms with Gasteiger partial charge in [0.15, 0.2) is 11.5 Å². The van der Waals surface area contributed by atoms with E-state index in [-0.39, 0.29) is 0 Å². The van der Waals surface area contributed by atoms with Crippen molar-refractivity contribution in [1.29, 1.82) is 0 Å². The van der Waals surface area contributed by atoms with Crippen molar-refractivity contribution in [2.45, 2.75) is 57.6 Å². The first-order valence-electron chi connectivity index (χ1n) is 10.7. The number of benzene rings is 1. The minimum absolute atomic E-state index is 0.297. The maximum Gasteiger partial charge on any atom is 0.161 e. The van der Waals surface area contributed by atoms with Gasteiger partial charge in [-0.3, -0.25) is 0 Å². The number of rotatable bonds is 10. The Balaban J connectivity index is 1.46. The molecule has 1 aliphatic carbocycles. The number of nitrogens with one attached hydrogen (secondary N) is 1. The molecule has 2 aliphatic rings. The van der Waals surface area contributed by atoms with Crippen molar-refractivity contribution in [2.24, 2.45) is 5.92 Å². The fraction of sp³-hybridized carbons (Fsp3) is 0.727. The van der Waals surface area contributed by atoms with E-state index in [9.17, 15) is 5.11 Å². The molecule has 3 rings (SSSR count). The minimum atomic E-state index is -0.481. The lowest BCUT2D eigenvalue weighted by Crippen LogP contribution is -2.37. The molecule has 0 spiro atoms. The number of aliphatic hydroxyl groups excluding tert-OH is 1. The maximum atomic E-state index is 10.4. The van der Waals surface area contributed by atoms with Crippen LogP contribution in [-0.4, -0.2) is 56.0 Å². The van der Waals surface area contributed by atoms with E-state index in [1.165, 1.54) is 50.5 Å². The molecule has 1 heterocycles. The second kappa shape index (κ2) is 10.9. The second-order valence-electron chi connectivity index (χ2n) is 8.09. The predicted octanol–water partition coefficient (Wildman–Crippen LogP) is 3.20. The first kappa shape index (κ1) is 20.4. The first-order chi connectivity index (χ1) is 13.2. The SMILES string of the molecule is COc1ccc(CNCC2CC2)cc1OCC(O)CN1CCCCCCC1. The van der Waals surface area contributed by atoms with E-state index in [1.54, 1.807) is 7.11 Å². The number of nitrogens with zero attached hydrogens (tertiary/aromatic N) is 1. The summed E-state index contributed by atoms with van der Waals surface area (Å²) in [7, 11) is 1.66. The summed E-state index contributed by atoms with van der Waals surface area (Å²) in [5, 5.41) is 14.0. The molecule has 0 bridgehead atoms. The highest BCUT2D eigenvalue weighted by Crippen LogP contribution is 2.29. The van der Waals surface area contributed by atoms with Gasteiger partial charge in [0.05, 0.1) is 7.11 Å². The first-order valence-corrected chi connectivity index (χ1v) is 10.7. The van der Waals surface area contributed by atoms with E-state index in [1.807, 2.05) is 12.1 Å². The Hall–Kier alpha value is -1.30. The molecular weight excluding hydrogens is 340 g/mol. The molecule has 5 heteroatoms. The van der Waals surface area contributed by atoms with Crippen LogP contribution in [0.4, 0.5) is 0 Å². The molecule has 0 radical (unpaired) electrons. The van der Waals surface area contributed by atoms with Crippen LogP contribution in [0.1, 0.15) is 50.5 Å². The van der Waals surface area contributed by atoms with Crippen molar-refractivity contribution in [1.82, 2.24) is 10.2 Å². The zero-order valence-corrected chi connectivity index (χ0v) is 16.8.